The fraction of sp³-hybridized carbons (Fsp3) is 0.233. The van der Waals surface area contributed by atoms with Crippen LogP contribution in [0.3, 0.4) is 0 Å². The molecule has 9 heteroatoms. The molecule has 0 saturated carbocycles. The van der Waals surface area contributed by atoms with Gasteiger partial charge in [0.1, 0.15) is 11.6 Å². The van der Waals surface area contributed by atoms with Gasteiger partial charge < -0.3 is 19.3 Å². The second-order valence-electron chi connectivity index (χ2n) is 9.09. The van der Waals surface area contributed by atoms with Crippen molar-refractivity contribution < 1.29 is 23.5 Å². The van der Waals surface area contributed by atoms with E-state index in [2.05, 4.69) is 10.00 Å². The van der Waals surface area contributed by atoms with Crippen LogP contribution < -0.4 is 9.64 Å². The van der Waals surface area contributed by atoms with Crippen molar-refractivity contribution in [2.75, 3.05) is 44.8 Å². The Labute approximate surface area is 226 Å². The van der Waals surface area contributed by atoms with Gasteiger partial charge in [-0.1, -0.05) is 24.3 Å². The van der Waals surface area contributed by atoms with E-state index in [1.807, 2.05) is 41.3 Å². The number of rotatable bonds is 7. The number of hydrogen-bond donors (Lipinski definition) is 0. The summed E-state index contributed by atoms with van der Waals surface area (Å²) in [7, 11) is 1.59. The molecule has 0 spiro atoms. The first-order valence-electron chi connectivity index (χ1n) is 12.8. The van der Waals surface area contributed by atoms with Crippen molar-refractivity contribution in [1.29, 1.82) is 0 Å². The molecule has 5 rings (SSSR count). The van der Waals surface area contributed by atoms with Crippen LogP contribution in [-0.2, 0) is 4.74 Å². The van der Waals surface area contributed by atoms with Crippen LogP contribution in [0.1, 0.15) is 27.8 Å². The number of amides is 1. The molecule has 0 aliphatic carbocycles. The highest BCUT2D eigenvalue weighted by molar-refractivity contribution is 5.94. The summed E-state index contributed by atoms with van der Waals surface area (Å²) < 4.78 is 25.9. The third-order valence-electron chi connectivity index (χ3n) is 6.66. The van der Waals surface area contributed by atoms with Crippen molar-refractivity contribution in [3.8, 4) is 22.7 Å². The zero-order valence-corrected chi connectivity index (χ0v) is 21.8. The molecule has 1 saturated heterocycles. The Morgan fingerprint density at radius 1 is 0.897 bits per heavy atom. The lowest BCUT2D eigenvalue weighted by atomic mass is 10.1. The second kappa shape index (κ2) is 11.4. The molecule has 0 N–H and O–H groups in total. The summed E-state index contributed by atoms with van der Waals surface area (Å²) in [4.78, 5) is 29.4. The Kier molecular flexibility index (Phi) is 7.58. The molecule has 0 atom stereocenters. The highest BCUT2D eigenvalue weighted by Gasteiger charge is 2.23. The largest absolute Gasteiger partial charge is 0.497 e. The van der Waals surface area contributed by atoms with Gasteiger partial charge in [-0.2, -0.15) is 5.10 Å². The van der Waals surface area contributed by atoms with Crippen molar-refractivity contribution >= 4 is 17.6 Å². The lowest BCUT2D eigenvalue weighted by molar-refractivity contribution is 0.0518. The maximum Gasteiger partial charge on any atom is 0.358 e. The monoisotopic (exact) mass is 528 g/mol. The van der Waals surface area contributed by atoms with Gasteiger partial charge >= 0.3 is 5.97 Å². The molecule has 1 aromatic heterocycles. The Hall–Kier alpha value is -4.66. The van der Waals surface area contributed by atoms with Gasteiger partial charge in [0.15, 0.2) is 5.69 Å². The number of esters is 1. The molecule has 200 valence electrons. The third-order valence-corrected chi connectivity index (χ3v) is 6.66. The van der Waals surface area contributed by atoms with Crippen LogP contribution in [-0.4, -0.2) is 66.5 Å². The summed E-state index contributed by atoms with van der Waals surface area (Å²) in [5, 5.41) is 4.41. The number of halogens is 1. The summed E-state index contributed by atoms with van der Waals surface area (Å²) in [6.07, 6.45) is 0. The normalized spacial score (nSPS) is 13.3. The SMILES string of the molecule is CCOC(=O)c1cc(-c2ccc(N3CCN(C(=O)c4cccc(OC)c4)CC3)cc2)n(-c2cccc(F)c2)n1. The molecule has 8 nitrogen and oxygen atoms in total. The summed E-state index contributed by atoms with van der Waals surface area (Å²) in [6.45, 7) is 4.57. The molecule has 0 radical (unpaired) electrons. The van der Waals surface area contributed by atoms with Crippen LogP contribution >= 0.6 is 0 Å². The summed E-state index contributed by atoms with van der Waals surface area (Å²) >= 11 is 0. The topological polar surface area (TPSA) is 76.9 Å². The number of methoxy groups -OCH3 is 1. The third kappa shape index (κ3) is 5.62. The van der Waals surface area contributed by atoms with Gasteiger partial charge in [0.05, 0.1) is 25.1 Å². The maximum absolute atomic E-state index is 14.0. The van der Waals surface area contributed by atoms with Crippen LogP contribution in [0, 0.1) is 5.82 Å². The molecule has 1 aliphatic rings. The molecule has 1 aliphatic heterocycles. The minimum Gasteiger partial charge on any atom is -0.497 e. The Balaban J connectivity index is 1.33. The fourth-order valence-electron chi connectivity index (χ4n) is 4.65. The van der Waals surface area contributed by atoms with Crippen molar-refractivity contribution in [3.05, 3.63) is 95.9 Å². The van der Waals surface area contributed by atoms with E-state index in [0.29, 0.717) is 48.9 Å². The number of hydrogen-bond acceptors (Lipinski definition) is 6. The van der Waals surface area contributed by atoms with Crippen LogP contribution in [0.4, 0.5) is 10.1 Å². The highest BCUT2D eigenvalue weighted by Crippen LogP contribution is 2.28. The number of nitrogens with zero attached hydrogens (tertiary/aromatic N) is 4. The first kappa shape index (κ1) is 26.0. The molecule has 2 heterocycles. The first-order valence-corrected chi connectivity index (χ1v) is 12.8. The Bertz CT molecular complexity index is 1480. The van der Waals surface area contributed by atoms with Crippen molar-refractivity contribution in [2.45, 2.75) is 6.92 Å². The van der Waals surface area contributed by atoms with E-state index in [1.165, 1.54) is 12.1 Å². The average Bonchev–Trinajstić information content (AvgIpc) is 3.43. The van der Waals surface area contributed by atoms with Gasteiger partial charge in [-0.15, -0.1) is 0 Å². The van der Waals surface area contributed by atoms with Gasteiger partial charge in [0.25, 0.3) is 5.91 Å². The van der Waals surface area contributed by atoms with Crippen molar-refractivity contribution in [2.24, 2.45) is 0 Å². The molecular formula is C30H29FN4O4. The molecular weight excluding hydrogens is 499 g/mol. The number of aromatic nitrogens is 2. The molecule has 0 bridgehead atoms. The van der Waals surface area contributed by atoms with E-state index in [0.717, 1.165) is 11.3 Å². The van der Waals surface area contributed by atoms with Crippen molar-refractivity contribution in [3.63, 3.8) is 0 Å². The van der Waals surface area contributed by atoms with Gasteiger partial charge in [-0.3, -0.25) is 4.79 Å². The van der Waals surface area contributed by atoms with E-state index in [9.17, 15) is 14.0 Å². The van der Waals surface area contributed by atoms with Crippen LogP contribution in [0.15, 0.2) is 78.9 Å². The van der Waals surface area contributed by atoms with E-state index < -0.39 is 11.8 Å². The lowest BCUT2D eigenvalue weighted by Crippen LogP contribution is -2.48. The summed E-state index contributed by atoms with van der Waals surface area (Å²) in [5.41, 5.74) is 3.75. The van der Waals surface area contributed by atoms with Crippen molar-refractivity contribution in [1.82, 2.24) is 14.7 Å². The lowest BCUT2D eigenvalue weighted by Gasteiger charge is -2.36. The van der Waals surface area contributed by atoms with Gasteiger partial charge in [0.2, 0.25) is 0 Å². The summed E-state index contributed by atoms with van der Waals surface area (Å²) in [5.74, 6) is -0.280. The minimum atomic E-state index is -0.535. The molecule has 0 unspecified atom stereocenters. The average molecular weight is 529 g/mol. The number of benzene rings is 3. The highest BCUT2D eigenvalue weighted by atomic mass is 19.1. The predicted octanol–water partition coefficient (Wildman–Crippen LogP) is 4.83. The van der Waals surface area contributed by atoms with E-state index >= 15 is 0 Å². The molecule has 3 aromatic carbocycles. The minimum absolute atomic E-state index is 0.00749. The van der Waals surface area contributed by atoms with Gasteiger partial charge in [-0.05, 0) is 61.5 Å². The van der Waals surface area contributed by atoms with Crippen LogP contribution in [0.25, 0.3) is 16.9 Å². The number of ether oxygens (including phenoxy) is 2. The van der Waals surface area contributed by atoms with E-state index in [4.69, 9.17) is 9.47 Å². The van der Waals surface area contributed by atoms with E-state index in [1.54, 1.807) is 49.0 Å². The molecule has 39 heavy (non-hydrogen) atoms. The fourth-order valence-corrected chi connectivity index (χ4v) is 4.65. The van der Waals surface area contributed by atoms with Gasteiger partial charge in [-0.25, -0.2) is 13.9 Å². The predicted molar refractivity (Wildman–Crippen MR) is 146 cm³/mol. The second-order valence-corrected chi connectivity index (χ2v) is 9.09. The number of carbonyl (C=O) groups excluding carboxylic acids is 2. The Morgan fingerprint density at radius 3 is 2.33 bits per heavy atom. The zero-order chi connectivity index (χ0) is 27.4. The first-order chi connectivity index (χ1) is 19.0. The maximum atomic E-state index is 14.0. The molecule has 4 aromatic rings. The molecule has 1 amide bonds. The quantitative estimate of drug-likeness (QED) is 0.320. The zero-order valence-electron chi connectivity index (χ0n) is 21.8. The van der Waals surface area contributed by atoms with Gasteiger partial charge in [0, 0.05) is 43.0 Å². The molecule has 1 fully saturated rings. The summed E-state index contributed by atoms with van der Waals surface area (Å²) in [6, 6.07) is 22.8. The van der Waals surface area contributed by atoms with Crippen LogP contribution in [0.2, 0.25) is 0 Å². The smallest absolute Gasteiger partial charge is 0.358 e. The number of carbonyl (C=O) groups is 2. The van der Waals surface area contributed by atoms with E-state index in [-0.39, 0.29) is 18.2 Å². The number of anilines is 1. The number of piperazine rings is 1. The van der Waals surface area contributed by atoms with Crippen LogP contribution in [0.5, 0.6) is 5.75 Å². The standard InChI is InChI=1S/C30H29FN4O4/c1-3-39-30(37)27-20-28(35(32-27)25-8-5-7-23(31)19-25)21-10-12-24(13-11-21)33-14-16-34(17-15-33)29(36)22-6-4-9-26(18-22)38-2/h4-13,18-20H,3,14-17H2,1-2H3. The Morgan fingerprint density at radius 2 is 1.64 bits per heavy atom.